The lowest BCUT2D eigenvalue weighted by Crippen LogP contribution is -2.45. The molecule has 9 heteroatoms. The third kappa shape index (κ3) is 4.36. The maximum Gasteiger partial charge on any atom is 0.209 e. The number of aromatic amines is 1. The quantitative estimate of drug-likeness (QED) is 0.467. The second kappa shape index (κ2) is 8.49. The van der Waals surface area contributed by atoms with Gasteiger partial charge in [0.05, 0.1) is 11.0 Å². The lowest BCUT2D eigenvalue weighted by Gasteiger charge is -2.32. The molecule has 0 bridgehead atoms. The number of nitrogens with zero attached hydrogens (tertiary/aromatic N) is 6. The highest BCUT2D eigenvalue weighted by Gasteiger charge is 2.15. The molecule has 1 fully saturated rings. The fourth-order valence-electron chi connectivity index (χ4n) is 3.70. The lowest BCUT2D eigenvalue weighted by molar-refractivity contribution is -0.119. The molecule has 31 heavy (non-hydrogen) atoms. The normalized spacial score (nSPS) is 14.6. The number of rotatable bonds is 6. The number of aromatic nitrogens is 5. The molecule has 1 aliphatic heterocycles. The molecule has 1 aliphatic rings. The molecule has 1 aromatic carbocycles. The topological polar surface area (TPSA) is 103 Å². The highest BCUT2D eigenvalue weighted by atomic mass is 16.1. The SMILES string of the molecule is O=CN1CCN(Cc2ccnc(Nc3nc4ccc(-c5ncccn5)cc4[nH]3)c2)CC1. The summed E-state index contributed by atoms with van der Waals surface area (Å²) in [5, 5.41) is 3.26. The summed E-state index contributed by atoms with van der Waals surface area (Å²) in [6.07, 6.45) is 6.18. The number of carbonyl (C=O) groups is 1. The number of imidazole rings is 1. The molecule has 9 nitrogen and oxygen atoms in total. The van der Waals surface area contributed by atoms with E-state index in [1.807, 2.05) is 35.2 Å². The number of fused-ring (bicyclic) bond motifs is 1. The molecule has 0 unspecified atom stereocenters. The fourth-order valence-corrected chi connectivity index (χ4v) is 3.70. The van der Waals surface area contributed by atoms with E-state index in [0.29, 0.717) is 11.8 Å². The Morgan fingerprint density at radius 2 is 1.84 bits per heavy atom. The van der Waals surface area contributed by atoms with Gasteiger partial charge < -0.3 is 15.2 Å². The average molecular weight is 414 g/mol. The van der Waals surface area contributed by atoms with E-state index in [1.165, 1.54) is 0 Å². The molecule has 3 aromatic heterocycles. The molecule has 0 aliphatic carbocycles. The van der Waals surface area contributed by atoms with E-state index in [0.717, 1.165) is 67.1 Å². The van der Waals surface area contributed by atoms with Gasteiger partial charge in [-0.15, -0.1) is 0 Å². The van der Waals surface area contributed by atoms with Gasteiger partial charge in [-0.05, 0) is 42.0 Å². The maximum atomic E-state index is 10.9. The number of hydrogen-bond donors (Lipinski definition) is 2. The zero-order valence-electron chi connectivity index (χ0n) is 16.9. The zero-order chi connectivity index (χ0) is 21.0. The summed E-state index contributed by atoms with van der Waals surface area (Å²) in [5.74, 6) is 2.04. The summed E-state index contributed by atoms with van der Waals surface area (Å²) in [6.45, 7) is 4.12. The van der Waals surface area contributed by atoms with E-state index in [4.69, 9.17) is 0 Å². The summed E-state index contributed by atoms with van der Waals surface area (Å²) < 4.78 is 0. The van der Waals surface area contributed by atoms with Gasteiger partial charge in [-0.3, -0.25) is 9.69 Å². The summed E-state index contributed by atoms with van der Waals surface area (Å²) >= 11 is 0. The summed E-state index contributed by atoms with van der Waals surface area (Å²) in [7, 11) is 0. The molecule has 156 valence electrons. The second-order valence-electron chi connectivity index (χ2n) is 7.48. The van der Waals surface area contributed by atoms with Crippen LogP contribution in [0.25, 0.3) is 22.4 Å². The first-order valence-corrected chi connectivity index (χ1v) is 10.2. The van der Waals surface area contributed by atoms with Gasteiger partial charge >= 0.3 is 0 Å². The van der Waals surface area contributed by atoms with Gasteiger partial charge in [0, 0.05) is 56.9 Å². The van der Waals surface area contributed by atoms with Crippen molar-refractivity contribution in [3.05, 3.63) is 60.6 Å². The van der Waals surface area contributed by atoms with Crippen molar-refractivity contribution in [3.8, 4) is 11.4 Å². The van der Waals surface area contributed by atoms with Crippen molar-refractivity contribution in [2.75, 3.05) is 31.5 Å². The Bertz CT molecular complexity index is 1180. The standard InChI is InChI=1S/C22H22N8O/c31-15-30-10-8-29(9-11-30)14-16-4-7-23-20(12-16)28-22-26-18-3-2-17(13-19(18)27-22)21-24-5-1-6-25-21/h1-7,12-13,15H,8-11,14H2,(H2,23,26,27,28). The summed E-state index contributed by atoms with van der Waals surface area (Å²) in [6, 6.07) is 11.7. The monoisotopic (exact) mass is 414 g/mol. The number of H-pyrrole nitrogens is 1. The Morgan fingerprint density at radius 1 is 1.00 bits per heavy atom. The third-order valence-corrected chi connectivity index (χ3v) is 5.34. The molecule has 0 atom stereocenters. The molecular formula is C22H22N8O. The van der Waals surface area contributed by atoms with Gasteiger partial charge in [-0.25, -0.2) is 19.9 Å². The van der Waals surface area contributed by atoms with Crippen LogP contribution in [0.1, 0.15) is 5.56 Å². The Kier molecular flexibility index (Phi) is 5.24. The zero-order valence-corrected chi connectivity index (χ0v) is 16.9. The van der Waals surface area contributed by atoms with Crippen molar-refractivity contribution in [1.29, 1.82) is 0 Å². The molecule has 5 rings (SSSR count). The largest absolute Gasteiger partial charge is 0.343 e. The van der Waals surface area contributed by atoms with Crippen molar-refractivity contribution in [3.63, 3.8) is 0 Å². The minimum absolute atomic E-state index is 0.630. The highest BCUT2D eigenvalue weighted by molar-refractivity contribution is 5.82. The Balaban J connectivity index is 1.29. The summed E-state index contributed by atoms with van der Waals surface area (Å²) in [5.41, 5.74) is 3.85. The first-order valence-electron chi connectivity index (χ1n) is 10.2. The van der Waals surface area contributed by atoms with Crippen molar-refractivity contribution in [1.82, 2.24) is 34.7 Å². The van der Waals surface area contributed by atoms with E-state index in [9.17, 15) is 4.79 Å². The predicted molar refractivity (Wildman–Crippen MR) is 118 cm³/mol. The minimum atomic E-state index is 0.630. The predicted octanol–water partition coefficient (Wildman–Crippen LogP) is 2.43. The van der Waals surface area contributed by atoms with Crippen LogP contribution in [0.3, 0.4) is 0 Å². The molecule has 0 spiro atoms. The van der Waals surface area contributed by atoms with E-state index in [-0.39, 0.29) is 0 Å². The Labute approximate surface area is 179 Å². The number of amides is 1. The van der Waals surface area contributed by atoms with Crippen LogP contribution in [0.15, 0.2) is 55.0 Å². The van der Waals surface area contributed by atoms with E-state index in [1.54, 1.807) is 24.7 Å². The number of nitrogens with one attached hydrogen (secondary N) is 2. The lowest BCUT2D eigenvalue weighted by atomic mass is 10.2. The van der Waals surface area contributed by atoms with Crippen molar-refractivity contribution < 1.29 is 4.79 Å². The van der Waals surface area contributed by atoms with Gasteiger partial charge in [0.2, 0.25) is 12.4 Å². The first kappa shape index (κ1) is 19.1. The summed E-state index contributed by atoms with van der Waals surface area (Å²) in [4.78, 5) is 36.0. The van der Waals surface area contributed by atoms with Gasteiger partial charge in [0.25, 0.3) is 0 Å². The van der Waals surface area contributed by atoms with Gasteiger partial charge in [0.1, 0.15) is 5.82 Å². The fraction of sp³-hybridized carbons (Fsp3) is 0.227. The van der Waals surface area contributed by atoms with Crippen molar-refractivity contribution in [2.24, 2.45) is 0 Å². The molecule has 1 amide bonds. The number of benzene rings is 1. The van der Waals surface area contributed by atoms with Crippen molar-refractivity contribution >= 4 is 29.2 Å². The molecule has 4 heterocycles. The van der Waals surface area contributed by atoms with Crippen LogP contribution in [0.4, 0.5) is 11.8 Å². The van der Waals surface area contributed by atoms with Crippen molar-refractivity contribution in [2.45, 2.75) is 6.54 Å². The number of hydrogen-bond acceptors (Lipinski definition) is 7. The van der Waals surface area contributed by atoms with Crippen LogP contribution in [0.5, 0.6) is 0 Å². The Hall–Kier alpha value is -3.85. The van der Waals surface area contributed by atoms with Crippen LogP contribution in [0, 0.1) is 0 Å². The number of anilines is 2. The van der Waals surface area contributed by atoms with E-state index in [2.05, 4.69) is 35.1 Å². The number of piperazine rings is 1. The van der Waals surface area contributed by atoms with Gasteiger partial charge in [-0.1, -0.05) is 0 Å². The molecule has 2 N–H and O–H groups in total. The third-order valence-electron chi connectivity index (χ3n) is 5.34. The molecule has 0 saturated carbocycles. The number of carbonyl (C=O) groups excluding carboxylic acids is 1. The molecule has 1 saturated heterocycles. The first-order chi connectivity index (χ1) is 15.3. The smallest absolute Gasteiger partial charge is 0.209 e. The van der Waals surface area contributed by atoms with Crippen LogP contribution in [-0.4, -0.2) is 67.3 Å². The van der Waals surface area contributed by atoms with E-state index < -0.39 is 0 Å². The van der Waals surface area contributed by atoms with Crippen LogP contribution in [0.2, 0.25) is 0 Å². The van der Waals surface area contributed by atoms with Gasteiger partial charge in [-0.2, -0.15) is 0 Å². The van der Waals surface area contributed by atoms with Crippen LogP contribution < -0.4 is 5.32 Å². The maximum absolute atomic E-state index is 10.9. The molecular weight excluding hydrogens is 392 g/mol. The highest BCUT2D eigenvalue weighted by Crippen LogP contribution is 2.23. The average Bonchev–Trinajstić information content (AvgIpc) is 3.22. The second-order valence-corrected chi connectivity index (χ2v) is 7.48. The van der Waals surface area contributed by atoms with Gasteiger partial charge in [0.15, 0.2) is 5.82 Å². The molecule has 0 radical (unpaired) electrons. The minimum Gasteiger partial charge on any atom is -0.343 e. The molecule has 4 aromatic rings. The van der Waals surface area contributed by atoms with Crippen LogP contribution >= 0.6 is 0 Å². The number of pyridine rings is 1. The van der Waals surface area contributed by atoms with E-state index >= 15 is 0 Å². The Morgan fingerprint density at radius 3 is 2.65 bits per heavy atom. The van der Waals surface area contributed by atoms with Crippen LogP contribution in [-0.2, 0) is 11.3 Å².